The van der Waals surface area contributed by atoms with Crippen molar-refractivity contribution in [1.82, 2.24) is 10.6 Å². The van der Waals surface area contributed by atoms with E-state index in [0.29, 0.717) is 12.5 Å². The van der Waals surface area contributed by atoms with E-state index >= 15 is 0 Å². The summed E-state index contributed by atoms with van der Waals surface area (Å²) in [7, 11) is 0. The molecule has 2 atom stereocenters. The van der Waals surface area contributed by atoms with Gasteiger partial charge in [-0.2, -0.15) is 0 Å². The summed E-state index contributed by atoms with van der Waals surface area (Å²) in [5.41, 5.74) is 4.65. The van der Waals surface area contributed by atoms with E-state index in [4.69, 9.17) is 9.84 Å². The van der Waals surface area contributed by atoms with Crippen LogP contribution in [0.1, 0.15) is 50.2 Å². The van der Waals surface area contributed by atoms with Crippen LogP contribution in [0.15, 0.2) is 48.5 Å². The average Bonchev–Trinajstić information content (AvgIpc) is 3.11. The molecule has 180 valence electrons. The van der Waals surface area contributed by atoms with E-state index in [0.717, 1.165) is 24.0 Å². The minimum Gasteiger partial charge on any atom is -0.481 e. The molecule has 1 saturated carbocycles. The lowest BCUT2D eigenvalue weighted by atomic mass is 9.73. The maximum Gasteiger partial charge on any atom is 0.407 e. The van der Waals surface area contributed by atoms with Gasteiger partial charge in [-0.15, -0.1) is 0 Å². The van der Waals surface area contributed by atoms with Gasteiger partial charge in [0.2, 0.25) is 5.91 Å². The topological polar surface area (TPSA) is 105 Å². The Morgan fingerprint density at radius 2 is 1.56 bits per heavy atom. The van der Waals surface area contributed by atoms with E-state index < -0.39 is 24.0 Å². The number of rotatable bonds is 9. The second-order valence-corrected chi connectivity index (χ2v) is 9.59. The highest BCUT2D eigenvalue weighted by molar-refractivity contribution is 5.80. The van der Waals surface area contributed by atoms with Gasteiger partial charge in [0, 0.05) is 24.9 Å². The number of carboxylic acids is 1. The van der Waals surface area contributed by atoms with Crippen LogP contribution < -0.4 is 10.6 Å². The van der Waals surface area contributed by atoms with Crippen LogP contribution in [0.3, 0.4) is 0 Å². The molecule has 0 heterocycles. The van der Waals surface area contributed by atoms with Gasteiger partial charge in [0.05, 0.1) is 5.92 Å². The molecule has 2 aliphatic carbocycles. The van der Waals surface area contributed by atoms with Crippen molar-refractivity contribution in [3.8, 4) is 11.1 Å². The van der Waals surface area contributed by atoms with Crippen LogP contribution in [0.4, 0.5) is 4.79 Å². The highest BCUT2D eigenvalue weighted by Crippen LogP contribution is 2.44. The Kier molecular flexibility index (Phi) is 7.20. The van der Waals surface area contributed by atoms with Gasteiger partial charge >= 0.3 is 12.1 Å². The van der Waals surface area contributed by atoms with Crippen LogP contribution in [-0.2, 0) is 14.3 Å². The van der Waals surface area contributed by atoms with Crippen molar-refractivity contribution in [3.63, 3.8) is 0 Å². The Labute approximate surface area is 199 Å². The fourth-order valence-corrected chi connectivity index (χ4v) is 5.04. The Bertz CT molecular complexity index is 1020. The number of benzene rings is 2. The Hall–Kier alpha value is -3.35. The van der Waals surface area contributed by atoms with E-state index in [1.54, 1.807) is 13.8 Å². The van der Waals surface area contributed by atoms with Crippen molar-refractivity contribution >= 4 is 18.0 Å². The van der Waals surface area contributed by atoms with Crippen molar-refractivity contribution < 1.29 is 24.2 Å². The smallest absolute Gasteiger partial charge is 0.407 e. The highest BCUT2D eigenvalue weighted by Gasteiger charge is 2.32. The van der Waals surface area contributed by atoms with E-state index in [1.807, 2.05) is 24.3 Å². The molecule has 2 aromatic carbocycles. The van der Waals surface area contributed by atoms with Crippen LogP contribution in [0.2, 0.25) is 0 Å². The minimum atomic E-state index is -0.769. The molecule has 3 N–H and O–H groups in total. The predicted octanol–water partition coefficient (Wildman–Crippen LogP) is 4.17. The number of carboxylic acid groups (broad SMARTS) is 1. The van der Waals surface area contributed by atoms with Gasteiger partial charge in [-0.05, 0) is 53.9 Å². The Morgan fingerprint density at radius 3 is 2.15 bits per heavy atom. The summed E-state index contributed by atoms with van der Waals surface area (Å²) in [6.45, 7) is 4.33. The molecule has 7 heteroatoms. The normalized spacial score (nSPS) is 20.3. The molecule has 0 aromatic heterocycles. The molecule has 2 aliphatic rings. The number of hydrogen-bond donors (Lipinski definition) is 3. The zero-order valence-corrected chi connectivity index (χ0v) is 19.6. The third kappa shape index (κ3) is 5.24. The van der Waals surface area contributed by atoms with E-state index in [-0.39, 0.29) is 30.8 Å². The van der Waals surface area contributed by atoms with Crippen LogP contribution in [0, 0.1) is 17.8 Å². The van der Waals surface area contributed by atoms with Crippen molar-refractivity contribution in [1.29, 1.82) is 0 Å². The number of amides is 2. The fraction of sp³-hybridized carbons (Fsp3) is 0.444. The summed E-state index contributed by atoms with van der Waals surface area (Å²) < 4.78 is 5.58. The molecule has 0 saturated heterocycles. The van der Waals surface area contributed by atoms with Crippen LogP contribution in [0.5, 0.6) is 0 Å². The molecule has 2 unspecified atom stereocenters. The lowest BCUT2D eigenvalue weighted by molar-refractivity contribution is -0.139. The highest BCUT2D eigenvalue weighted by atomic mass is 16.5. The third-order valence-corrected chi connectivity index (χ3v) is 7.21. The molecule has 1 fully saturated rings. The molecule has 4 rings (SSSR count). The summed E-state index contributed by atoms with van der Waals surface area (Å²) in [4.78, 5) is 35.8. The molecule has 0 radical (unpaired) electrons. The number of hydrogen-bond acceptors (Lipinski definition) is 4. The van der Waals surface area contributed by atoms with Gasteiger partial charge in [0.1, 0.15) is 6.61 Å². The largest absolute Gasteiger partial charge is 0.481 e. The first-order valence-corrected chi connectivity index (χ1v) is 11.9. The number of carbonyl (C=O) groups is 3. The monoisotopic (exact) mass is 464 g/mol. The number of alkyl carbamates (subject to hydrolysis) is 1. The summed E-state index contributed by atoms with van der Waals surface area (Å²) >= 11 is 0. The van der Waals surface area contributed by atoms with Crippen LogP contribution in [-0.4, -0.2) is 42.3 Å². The van der Waals surface area contributed by atoms with Gasteiger partial charge in [-0.25, -0.2) is 4.79 Å². The SMILES string of the molecule is CC(NC(=O)OCC1c2ccccc2-c2ccccc21)C(C)C(=O)NCC1CC(CC(=O)O)C1. The first kappa shape index (κ1) is 23.8. The Morgan fingerprint density at radius 1 is 0.971 bits per heavy atom. The molecule has 0 bridgehead atoms. The van der Waals surface area contributed by atoms with Gasteiger partial charge in [-0.3, -0.25) is 9.59 Å². The molecule has 2 aromatic rings. The standard InChI is InChI=1S/C27H32N2O5/c1-16(26(32)28-14-19-11-18(12-19)13-25(30)31)17(2)29-27(33)34-15-24-22-9-5-3-7-20(22)21-8-4-6-10-23(21)24/h3-10,16-19,24H,11-15H2,1-2H3,(H,28,32)(H,29,33)(H,30,31). The zero-order chi connectivity index (χ0) is 24.2. The molecule has 0 aliphatic heterocycles. The Balaban J connectivity index is 1.23. The average molecular weight is 465 g/mol. The van der Waals surface area contributed by atoms with E-state index in [2.05, 4.69) is 34.9 Å². The zero-order valence-electron chi connectivity index (χ0n) is 19.6. The number of carbonyl (C=O) groups excluding carboxylic acids is 2. The van der Waals surface area contributed by atoms with Crippen molar-refractivity contribution in [2.24, 2.45) is 17.8 Å². The molecular formula is C27H32N2O5. The van der Waals surface area contributed by atoms with E-state index in [1.165, 1.54) is 11.1 Å². The molecule has 2 amide bonds. The summed E-state index contributed by atoms with van der Waals surface area (Å²) in [5.74, 6) is -0.795. The quantitative estimate of drug-likeness (QED) is 0.517. The van der Waals surface area contributed by atoms with Crippen molar-refractivity contribution in [2.75, 3.05) is 13.2 Å². The molecule has 34 heavy (non-hydrogen) atoms. The fourth-order valence-electron chi connectivity index (χ4n) is 5.04. The summed E-state index contributed by atoms with van der Waals surface area (Å²) in [5, 5.41) is 14.6. The second-order valence-electron chi connectivity index (χ2n) is 9.59. The lowest BCUT2D eigenvalue weighted by Gasteiger charge is -2.34. The second kappa shape index (κ2) is 10.3. The van der Waals surface area contributed by atoms with Gasteiger partial charge in [-0.1, -0.05) is 55.5 Å². The van der Waals surface area contributed by atoms with Gasteiger partial charge in [0.25, 0.3) is 0 Å². The number of nitrogens with one attached hydrogen (secondary N) is 2. The summed E-state index contributed by atoms with van der Waals surface area (Å²) in [6.07, 6.45) is 1.31. The number of ether oxygens (including phenoxy) is 1. The number of fused-ring (bicyclic) bond motifs is 3. The van der Waals surface area contributed by atoms with Crippen LogP contribution in [0.25, 0.3) is 11.1 Å². The van der Waals surface area contributed by atoms with Gasteiger partial charge in [0.15, 0.2) is 0 Å². The molecule has 0 spiro atoms. The molecular weight excluding hydrogens is 432 g/mol. The number of aliphatic carboxylic acids is 1. The maximum atomic E-state index is 12.5. The molecule has 7 nitrogen and oxygen atoms in total. The first-order chi connectivity index (χ1) is 16.3. The van der Waals surface area contributed by atoms with Crippen molar-refractivity contribution in [2.45, 2.75) is 45.1 Å². The van der Waals surface area contributed by atoms with E-state index in [9.17, 15) is 14.4 Å². The predicted molar refractivity (Wildman–Crippen MR) is 128 cm³/mol. The van der Waals surface area contributed by atoms with Crippen molar-refractivity contribution in [3.05, 3.63) is 59.7 Å². The van der Waals surface area contributed by atoms with Crippen LogP contribution >= 0.6 is 0 Å². The lowest BCUT2D eigenvalue weighted by Crippen LogP contribution is -2.46. The minimum absolute atomic E-state index is 0.0124. The third-order valence-electron chi connectivity index (χ3n) is 7.21. The first-order valence-electron chi connectivity index (χ1n) is 11.9. The maximum absolute atomic E-state index is 12.5. The summed E-state index contributed by atoms with van der Waals surface area (Å²) in [6, 6.07) is 15.9. The van der Waals surface area contributed by atoms with Gasteiger partial charge < -0.3 is 20.5 Å².